The Labute approximate surface area is 79.9 Å². The van der Waals surface area contributed by atoms with E-state index < -0.39 is 0 Å². The molecule has 0 aromatic rings. The minimum Gasteiger partial charge on any atom is -0.396 e. The molecule has 2 heteroatoms. The molecular weight excluding hydrogens is 162 g/mol. The highest BCUT2D eigenvalue weighted by atomic mass is 16.3. The summed E-state index contributed by atoms with van der Waals surface area (Å²) in [5.74, 6) is 0.621. The fourth-order valence-electron chi connectivity index (χ4n) is 3.21. The van der Waals surface area contributed by atoms with Crippen molar-refractivity contribution in [2.45, 2.75) is 38.1 Å². The topological polar surface area (TPSA) is 23.5 Å². The number of hydrogen-bond acceptors (Lipinski definition) is 2. The van der Waals surface area contributed by atoms with Gasteiger partial charge in [-0.3, -0.25) is 4.90 Å². The van der Waals surface area contributed by atoms with E-state index in [0.29, 0.717) is 12.5 Å². The average molecular weight is 181 g/mol. The summed E-state index contributed by atoms with van der Waals surface area (Å²) in [7, 11) is 0. The van der Waals surface area contributed by atoms with E-state index in [1.165, 1.54) is 45.2 Å². The van der Waals surface area contributed by atoms with Crippen LogP contribution >= 0.6 is 0 Å². The molecule has 3 aliphatic rings. The lowest BCUT2D eigenvalue weighted by Crippen LogP contribution is -2.34. The zero-order valence-corrected chi connectivity index (χ0v) is 8.21. The normalized spacial score (nSPS) is 42.2. The Morgan fingerprint density at radius 2 is 2.15 bits per heavy atom. The van der Waals surface area contributed by atoms with Gasteiger partial charge in [0.05, 0.1) is 0 Å². The van der Waals surface area contributed by atoms with Crippen molar-refractivity contribution in [2.24, 2.45) is 11.3 Å². The quantitative estimate of drug-likeness (QED) is 0.693. The van der Waals surface area contributed by atoms with Gasteiger partial charge < -0.3 is 5.11 Å². The number of likely N-dealkylation sites (tertiary alicyclic amines) is 1. The van der Waals surface area contributed by atoms with Crippen molar-refractivity contribution in [3.63, 3.8) is 0 Å². The third-order valence-electron chi connectivity index (χ3n) is 4.47. The summed E-state index contributed by atoms with van der Waals surface area (Å²) >= 11 is 0. The molecule has 2 nitrogen and oxygen atoms in total. The third-order valence-corrected chi connectivity index (χ3v) is 4.47. The Morgan fingerprint density at radius 1 is 1.31 bits per heavy atom. The van der Waals surface area contributed by atoms with Crippen molar-refractivity contribution in [2.75, 3.05) is 19.7 Å². The Hall–Kier alpha value is -0.0800. The lowest BCUT2D eigenvalue weighted by Gasteiger charge is -2.38. The molecule has 1 aliphatic heterocycles. The lowest BCUT2D eigenvalue weighted by atomic mass is 9.68. The average Bonchev–Trinajstić information content (AvgIpc) is 2.73. The lowest BCUT2D eigenvalue weighted by molar-refractivity contribution is 0.133. The molecular formula is C11H19NO. The molecule has 1 spiro atoms. The highest BCUT2D eigenvalue weighted by Crippen LogP contribution is 2.51. The first kappa shape index (κ1) is 8.25. The van der Waals surface area contributed by atoms with Crippen LogP contribution in [0.3, 0.4) is 0 Å². The van der Waals surface area contributed by atoms with Gasteiger partial charge >= 0.3 is 0 Å². The standard InChI is InChI=1S/C11H19NO/c13-7-9-6-10(9)12-5-4-11(8-12)2-1-3-11/h9-10,13H,1-8H2. The van der Waals surface area contributed by atoms with E-state index in [1.807, 2.05) is 0 Å². The van der Waals surface area contributed by atoms with E-state index in [2.05, 4.69) is 4.90 Å². The molecule has 74 valence electrons. The van der Waals surface area contributed by atoms with Gasteiger partial charge in [-0.15, -0.1) is 0 Å². The Balaban J connectivity index is 1.58. The van der Waals surface area contributed by atoms with Crippen molar-refractivity contribution in [3.05, 3.63) is 0 Å². The predicted molar refractivity (Wildman–Crippen MR) is 51.5 cm³/mol. The highest BCUT2D eigenvalue weighted by Gasteiger charge is 2.49. The summed E-state index contributed by atoms with van der Waals surface area (Å²) in [5.41, 5.74) is 0.739. The molecule has 3 fully saturated rings. The van der Waals surface area contributed by atoms with Gasteiger partial charge in [0.25, 0.3) is 0 Å². The summed E-state index contributed by atoms with van der Waals surface area (Å²) in [6.07, 6.45) is 7.09. The Kier molecular flexibility index (Phi) is 1.72. The van der Waals surface area contributed by atoms with Gasteiger partial charge in [-0.1, -0.05) is 6.42 Å². The molecule has 2 unspecified atom stereocenters. The van der Waals surface area contributed by atoms with E-state index in [9.17, 15) is 0 Å². The second-order valence-electron chi connectivity index (χ2n) is 5.32. The summed E-state index contributed by atoms with van der Waals surface area (Å²) in [4.78, 5) is 2.64. The first-order chi connectivity index (χ1) is 6.33. The Morgan fingerprint density at radius 3 is 2.62 bits per heavy atom. The van der Waals surface area contributed by atoms with Crippen molar-refractivity contribution in [1.29, 1.82) is 0 Å². The summed E-state index contributed by atoms with van der Waals surface area (Å²) in [5, 5.41) is 9.01. The molecule has 0 aromatic carbocycles. The van der Waals surface area contributed by atoms with Gasteiger partial charge in [0.2, 0.25) is 0 Å². The van der Waals surface area contributed by atoms with E-state index in [-0.39, 0.29) is 0 Å². The SMILES string of the molecule is OCC1CC1N1CCC2(CCC2)C1. The predicted octanol–water partition coefficient (Wildman–Crippen LogP) is 1.24. The van der Waals surface area contributed by atoms with Crippen molar-refractivity contribution < 1.29 is 5.11 Å². The van der Waals surface area contributed by atoms with Crippen molar-refractivity contribution >= 4 is 0 Å². The van der Waals surface area contributed by atoms with Crippen LogP contribution in [0, 0.1) is 11.3 Å². The molecule has 1 N–H and O–H groups in total. The maximum Gasteiger partial charge on any atom is 0.0474 e. The van der Waals surface area contributed by atoms with Gasteiger partial charge in [0.15, 0.2) is 0 Å². The molecule has 1 saturated heterocycles. The second kappa shape index (κ2) is 2.71. The summed E-state index contributed by atoms with van der Waals surface area (Å²) < 4.78 is 0. The molecule has 13 heavy (non-hydrogen) atoms. The van der Waals surface area contributed by atoms with Crippen LogP contribution in [0.25, 0.3) is 0 Å². The molecule has 2 atom stereocenters. The number of hydrogen-bond donors (Lipinski definition) is 1. The maximum absolute atomic E-state index is 9.01. The number of aliphatic hydroxyl groups is 1. The largest absolute Gasteiger partial charge is 0.396 e. The minimum atomic E-state index is 0.411. The first-order valence-electron chi connectivity index (χ1n) is 5.68. The zero-order valence-electron chi connectivity index (χ0n) is 8.21. The molecule has 0 bridgehead atoms. The zero-order chi connectivity index (χ0) is 8.89. The molecule has 0 aromatic heterocycles. The number of rotatable bonds is 2. The van der Waals surface area contributed by atoms with Crippen LogP contribution in [0.4, 0.5) is 0 Å². The van der Waals surface area contributed by atoms with Crippen molar-refractivity contribution in [3.8, 4) is 0 Å². The van der Waals surface area contributed by atoms with Crippen LogP contribution in [-0.2, 0) is 0 Å². The van der Waals surface area contributed by atoms with Gasteiger partial charge in [-0.2, -0.15) is 0 Å². The fraction of sp³-hybridized carbons (Fsp3) is 1.00. The van der Waals surface area contributed by atoms with Crippen LogP contribution < -0.4 is 0 Å². The van der Waals surface area contributed by atoms with E-state index in [0.717, 1.165) is 11.5 Å². The van der Waals surface area contributed by atoms with Crippen LogP contribution in [0.2, 0.25) is 0 Å². The smallest absolute Gasteiger partial charge is 0.0474 e. The van der Waals surface area contributed by atoms with Crippen LogP contribution in [0.5, 0.6) is 0 Å². The monoisotopic (exact) mass is 181 g/mol. The van der Waals surface area contributed by atoms with Gasteiger partial charge in [-0.25, -0.2) is 0 Å². The minimum absolute atomic E-state index is 0.411. The van der Waals surface area contributed by atoms with Crippen LogP contribution in [-0.4, -0.2) is 35.7 Å². The third kappa shape index (κ3) is 1.23. The van der Waals surface area contributed by atoms with Crippen LogP contribution in [0.1, 0.15) is 32.1 Å². The maximum atomic E-state index is 9.01. The number of aliphatic hydroxyl groups excluding tert-OH is 1. The molecule has 2 aliphatic carbocycles. The van der Waals surface area contributed by atoms with E-state index >= 15 is 0 Å². The molecule has 0 amide bonds. The van der Waals surface area contributed by atoms with Gasteiger partial charge in [-0.05, 0) is 43.6 Å². The van der Waals surface area contributed by atoms with E-state index in [4.69, 9.17) is 5.11 Å². The molecule has 2 saturated carbocycles. The highest BCUT2D eigenvalue weighted by molar-refractivity contribution is 5.03. The molecule has 1 heterocycles. The Bertz CT molecular complexity index is 212. The summed E-state index contributed by atoms with van der Waals surface area (Å²) in [6, 6.07) is 0.755. The van der Waals surface area contributed by atoms with E-state index in [1.54, 1.807) is 0 Å². The number of nitrogens with zero attached hydrogens (tertiary/aromatic N) is 1. The molecule has 3 rings (SSSR count). The first-order valence-corrected chi connectivity index (χ1v) is 5.68. The summed E-state index contributed by atoms with van der Waals surface area (Å²) in [6.45, 7) is 3.06. The van der Waals surface area contributed by atoms with Crippen molar-refractivity contribution in [1.82, 2.24) is 4.90 Å². The van der Waals surface area contributed by atoms with Gasteiger partial charge in [0, 0.05) is 19.2 Å². The molecule has 0 radical (unpaired) electrons. The van der Waals surface area contributed by atoms with Crippen LogP contribution in [0.15, 0.2) is 0 Å². The van der Waals surface area contributed by atoms with Gasteiger partial charge in [0.1, 0.15) is 0 Å². The fourth-order valence-corrected chi connectivity index (χ4v) is 3.21. The second-order valence-corrected chi connectivity index (χ2v) is 5.32.